The number of benzene rings is 1. The Hall–Kier alpha value is -0.830. The van der Waals surface area contributed by atoms with E-state index in [1.165, 1.54) is 12.1 Å². The highest BCUT2D eigenvalue weighted by Crippen LogP contribution is 2.18. The Balaban J connectivity index is 2.88. The summed E-state index contributed by atoms with van der Waals surface area (Å²) >= 11 is 5.49. The average molecular weight is 206 g/mol. The molecule has 0 aromatic heterocycles. The predicted octanol–water partition coefficient (Wildman–Crippen LogP) is 2.64. The number of nitrogens with zero attached hydrogens (tertiary/aromatic N) is 1. The largest absolute Gasteiger partial charge is 0.371 e. The monoisotopic (exact) mass is 205 g/mol. The molecule has 0 unspecified atom stereocenters. The van der Waals surface area contributed by atoms with Gasteiger partial charge < -0.3 is 4.90 Å². The van der Waals surface area contributed by atoms with Gasteiger partial charge in [-0.25, -0.2) is 8.78 Å². The van der Waals surface area contributed by atoms with Gasteiger partial charge in [0.1, 0.15) is 11.6 Å². The standard InChI is InChI=1S/C9H10ClF2N/c1-13(5-4-10)9-3-2-7(11)6-8(9)12/h2-3,6H,4-5H2,1H3. The highest BCUT2D eigenvalue weighted by Gasteiger charge is 2.07. The quantitative estimate of drug-likeness (QED) is 0.686. The predicted molar refractivity (Wildman–Crippen MR) is 50.3 cm³/mol. The fourth-order valence-corrected chi connectivity index (χ4v) is 1.29. The number of hydrogen-bond acceptors (Lipinski definition) is 1. The van der Waals surface area contributed by atoms with Gasteiger partial charge in [-0.1, -0.05) is 0 Å². The van der Waals surface area contributed by atoms with Crippen LogP contribution in [0.4, 0.5) is 14.5 Å². The topological polar surface area (TPSA) is 3.24 Å². The van der Waals surface area contributed by atoms with Crippen molar-refractivity contribution < 1.29 is 8.78 Å². The van der Waals surface area contributed by atoms with Gasteiger partial charge in [-0.2, -0.15) is 0 Å². The Morgan fingerprint density at radius 1 is 1.38 bits per heavy atom. The normalized spacial score (nSPS) is 10.2. The molecule has 1 aromatic rings. The summed E-state index contributed by atoms with van der Waals surface area (Å²) in [6.45, 7) is 0.532. The highest BCUT2D eigenvalue weighted by molar-refractivity contribution is 6.18. The summed E-state index contributed by atoms with van der Waals surface area (Å²) in [6.07, 6.45) is 0. The van der Waals surface area contributed by atoms with Crippen LogP contribution in [0.1, 0.15) is 0 Å². The molecule has 72 valence electrons. The summed E-state index contributed by atoms with van der Waals surface area (Å²) in [5.41, 5.74) is 0.363. The fourth-order valence-electron chi connectivity index (χ4n) is 1.04. The third kappa shape index (κ3) is 2.56. The molecule has 1 aromatic carbocycles. The minimum absolute atomic E-state index is 0.363. The molecule has 0 spiro atoms. The van der Waals surface area contributed by atoms with Gasteiger partial charge in [-0.15, -0.1) is 11.6 Å². The maximum absolute atomic E-state index is 13.1. The molecule has 0 atom stereocenters. The summed E-state index contributed by atoms with van der Waals surface area (Å²) in [5.74, 6) is -0.721. The van der Waals surface area contributed by atoms with Gasteiger partial charge in [0, 0.05) is 25.5 Å². The van der Waals surface area contributed by atoms with E-state index in [9.17, 15) is 8.78 Å². The second-order valence-electron chi connectivity index (χ2n) is 2.71. The summed E-state index contributed by atoms with van der Waals surface area (Å²) in [6, 6.07) is 3.49. The highest BCUT2D eigenvalue weighted by atomic mass is 35.5. The van der Waals surface area contributed by atoms with Gasteiger partial charge in [0.15, 0.2) is 0 Å². The first-order valence-electron chi connectivity index (χ1n) is 3.87. The van der Waals surface area contributed by atoms with Crippen LogP contribution in [0.5, 0.6) is 0 Å². The molecule has 1 rings (SSSR count). The number of rotatable bonds is 3. The van der Waals surface area contributed by atoms with Crippen LogP contribution in [0.2, 0.25) is 0 Å². The zero-order chi connectivity index (χ0) is 9.84. The van der Waals surface area contributed by atoms with E-state index < -0.39 is 11.6 Å². The molecule has 0 radical (unpaired) electrons. The van der Waals surface area contributed by atoms with Crippen molar-refractivity contribution >= 4 is 17.3 Å². The second kappa shape index (κ2) is 4.42. The lowest BCUT2D eigenvalue weighted by Gasteiger charge is -2.18. The zero-order valence-electron chi connectivity index (χ0n) is 7.23. The van der Waals surface area contributed by atoms with Gasteiger partial charge in [0.2, 0.25) is 0 Å². The SMILES string of the molecule is CN(CCCl)c1ccc(F)cc1F. The molecule has 0 aliphatic rings. The Morgan fingerprint density at radius 3 is 2.62 bits per heavy atom. The van der Waals surface area contributed by atoms with Crippen molar-refractivity contribution in [3.63, 3.8) is 0 Å². The molecule has 0 bridgehead atoms. The molecule has 13 heavy (non-hydrogen) atoms. The molecule has 0 amide bonds. The van der Waals surface area contributed by atoms with Crippen LogP contribution in [0.25, 0.3) is 0 Å². The molecule has 4 heteroatoms. The van der Waals surface area contributed by atoms with Crippen LogP contribution < -0.4 is 4.90 Å². The first kappa shape index (κ1) is 10.3. The van der Waals surface area contributed by atoms with Crippen molar-refractivity contribution in [2.24, 2.45) is 0 Å². The van der Waals surface area contributed by atoms with Gasteiger partial charge in [-0.05, 0) is 12.1 Å². The molecular formula is C9H10ClF2N. The van der Waals surface area contributed by atoms with E-state index in [0.29, 0.717) is 18.1 Å². The molecule has 0 aliphatic heterocycles. The van der Waals surface area contributed by atoms with Crippen molar-refractivity contribution in [1.29, 1.82) is 0 Å². The van der Waals surface area contributed by atoms with E-state index in [-0.39, 0.29) is 0 Å². The molecule has 1 nitrogen and oxygen atoms in total. The summed E-state index contributed by atoms with van der Waals surface area (Å²) < 4.78 is 25.6. The van der Waals surface area contributed by atoms with Crippen molar-refractivity contribution in [3.05, 3.63) is 29.8 Å². The summed E-state index contributed by atoms with van der Waals surface area (Å²) in [5, 5.41) is 0. The van der Waals surface area contributed by atoms with E-state index in [1.807, 2.05) is 0 Å². The summed E-state index contributed by atoms with van der Waals surface area (Å²) in [7, 11) is 1.71. The van der Waals surface area contributed by atoms with Crippen LogP contribution in [-0.2, 0) is 0 Å². The minimum Gasteiger partial charge on any atom is -0.371 e. The Morgan fingerprint density at radius 2 is 2.08 bits per heavy atom. The second-order valence-corrected chi connectivity index (χ2v) is 3.08. The Labute approximate surface area is 80.9 Å². The third-order valence-electron chi connectivity index (χ3n) is 1.74. The minimum atomic E-state index is -0.569. The maximum Gasteiger partial charge on any atom is 0.149 e. The van der Waals surface area contributed by atoms with E-state index >= 15 is 0 Å². The third-order valence-corrected chi connectivity index (χ3v) is 1.91. The lowest BCUT2D eigenvalue weighted by molar-refractivity contribution is 0.581. The first-order valence-corrected chi connectivity index (χ1v) is 4.40. The Kier molecular flexibility index (Phi) is 3.48. The van der Waals surface area contributed by atoms with E-state index in [1.54, 1.807) is 11.9 Å². The average Bonchev–Trinajstić information content (AvgIpc) is 2.04. The lowest BCUT2D eigenvalue weighted by Crippen LogP contribution is -2.20. The summed E-state index contributed by atoms with van der Waals surface area (Å²) in [4.78, 5) is 1.64. The van der Waals surface area contributed by atoms with E-state index in [4.69, 9.17) is 11.6 Å². The molecule has 0 saturated carbocycles. The van der Waals surface area contributed by atoms with Gasteiger partial charge in [0.05, 0.1) is 5.69 Å². The first-order chi connectivity index (χ1) is 6.15. The fraction of sp³-hybridized carbons (Fsp3) is 0.333. The van der Waals surface area contributed by atoms with Crippen molar-refractivity contribution in [3.8, 4) is 0 Å². The van der Waals surface area contributed by atoms with Crippen molar-refractivity contribution in [2.45, 2.75) is 0 Å². The van der Waals surface area contributed by atoms with Gasteiger partial charge in [0.25, 0.3) is 0 Å². The molecule has 0 saturated heterocycles. The molecular weight excluding hydrogens is 196 g/mol. The number of hydrogen-bond donors (Lipinski definition) is 0. The molecule has 0 N–H and O–H groups in total. The van der Waals surface area contributed by atoms with Crippen LogP contribution in [0.3, 0.4) is 0 Å². The van der Waals surface area contributed by atoms with Crippen LogP contribution in [0, 0.1) is 11.6 Å². The molecule has 0 fully saturated rings. The number of alkyl halides is 1. The number of anilines is 1. The van der Waals surface area contributed by atoms with Gasteiger partial charge in [-0.3, -0.25) is 0 Å². The van der Waals surface area contributed by atoms with E-state index in [2.05, 4.69) is 0 Å². The Bertz CT molecular complexity index is 291. The van der Waals surface area contributed by atoms with Crippen molar-refractivity contribution in [2.75, 3.05) is 24.4 Å². The van der Waals surface area contributed by atoms with Crippen molar-refractivity contribution in [1.82, 2.24) is 0 Å². The molecule has 0 aliphatic carbocycles. The van der Waals surface area contributed by atoms with E-state index in [0.717, 1.165) is 6.07 Å². The van der Waals surface area contributed by atoms with Crippen LogP contribution in [-0.4, -0.2) is 19.5 Å². The zero-order valence-corrected chi connectivity index (χ0v) is 7.98. The molecule has 0 heterocycles. The lowest BCUT2D eigenvalue weighted by atomic mass is 10.3. The smallest absolute Gasteiger partial charge is 0.149 e. The maximum atomic E-state index is 13.1. The van der Waals surface area contributed by atoms with Crippen LogP contribution in [0.15, 0.2) is 18.2 Å². The van der Waals surface area contributed by atoms with Gasteiger partial charge >= 0.3 is 0 Å². The van der Waals surface area contributed by atoms with Crippen LogP contribution >= 0.6 is 11.6 Å². The number of halogens is 3.